The molecule has 0 saturated carbocycles. The van der Waals surface area contributed by atoms with Crippen molar-refractivity contribution >= 4 is 11.5 Å². The van der Waals surface area contributed by atoms with E-state index in [4.69, 9.17) is 0 Å². The van der Waals surface area contributed by atoms with Gasteiger partial charge in [-0.1, -0.05) is 0 Å². The molecule has 2 heterocycles. The zero-order valence-electron chi connectivity index (χ0n) is 9.28. The predicted molar refractivity (Wildman–Crippen MR) is 57.2 cm³/mol. The van der Waals surface area contributed by atoms with E-state index in [1.165, 1.54) is 4.90 Å². The highest BCUT2D eigenvalue weighted by Crippen LogP contribution is 2.31. The molecule has 1 aromatic rings. The third-order valence-corrected chi connectivity index (χ3v) is 2.81. The number of aromatic nitrogens is 1. The highest BCUT2D eigenvalue weighted by molar-refractivity contribution is 5.45. The molecule has 0 aromatic carbocycles. The number of rotatable bonds is 2. The molecule has 0 radical (unpaired) electrons. The first kappa shape index (κ1) is 12.6. The van der Waals surface area contributed by atoms with Crippen LogP contribution in [0, 0.1) is 15.9 Å². The average molecular weight is 261 g/mol. The van der Waals surface area contributed by atoms with Crippen molar-refractivity contribution in [3.05, 3.63) is 28.2 Å². The minimum atomic E-state index is -2.73. The van der Waals surface area contributed by atoms with Crippen LogP contribution in [0.4, 0.5) is 24.7 Å². The molecule has 0 bridgehead atoms. The molecule has 1 aliphatic rings. The van der Waals surface area contributed by atoms with Gasteiger partial charge in [0.15, 0.2) is 11.6 Å². The van der Waals surface area contributed by atoms with Crippen molar-refractivity contribution in [2.75, 3.05) is 18.0 Å². The second-order valence-electron chi connectivity index (χ2n) is 4.10. The van der Waals surface area contributed by atoms with Crippen LogP contribution in [-0.4, -0.2) is 28.9 Å². The summed E-state index contributed by atoms with van der Waals surface area (Å²) >= 11 is 0. The fourth-order valence-electron chi connectivity index (χ4n) is 1.80. The lowest BCUT2D eigenvalue weighted by molar-refractivity contribution is -0.385. The summed E-state index contributed by atoms with van der Waals surface area (Å²) in [6.45, 7) is -0.0382. The number of anilines is 1. The summed E-state index contributed by atoms with van der Waals surface area (Å²) in [6, 6.07) is 0.745. The zero-order valence-corrected chi connectivity index (χ0v) is 9.28. The summed E-state index contributed by atoms with van der Waals surface area (Å²) in [6.07, 6.45) is 0.182. The topological polar surface area (TPSA) is 59.3 Å². The molecule has 0 amide bonds. The molecule has 1 aliphatic heterocycles. The quantitative estimate of drug-likeness (QED) is 0.605. The van der Waals surface area contributed by atoms with E-state index in [0.29, 0.717) is 0 Å². The first-order valence-corrected chi connectivity index (χ1v) is 5.32. The van der Waals surface area contributed by atoms with Gasteiger partial charge in [0, 0.05) is 25.9 Å². The molecule has 2 rings (SSSR count). The maximum Gasteiger partial charge on any atom is 0.290 e. The summed E-state index contributed by atoms with van der Waals surface area (Å²) in [7, 11) is 0. The number of hydrogen-bond donors (Lipinski definition) is 0. The molecule has 98 valence electrons. The molecule has 5 nitrogen and oxygen atoms in total. The van der Waals surface area contributed by atoms with E-state index in [1.807, 2.05) is 0 Å². The van der Waals surface area contributed by atoms with Gasteiger partial charge in [-0.2, -0.15) is 0 Å². The summed E-state index contributed by atoms with van der Waals surface area (Å²) in [5.74, 6) is -3.71. The fraction of sp³-hybridized carbons (Fsp3) is 0.500. The van der Waals surface area contributed by atoms with Crippen LogP contribution in [0.2, 0.25) is 0 Å². The molecular formula is C10H10F3N3O2. The Morgan fingerprint density at radius 2 is 2.00 bits per heavy atom. The predicted octanol–water partition coefficient (Wildman–Crippen LogP) is 2.36. The van der Waals surface area contributed by atoms with E-state index in [9.17, 15) is 23.3 Å². The van der Waals surface area contributed by atoms with Gasteiger partial charge in [-0.05, 0) is 0 Å². The minimum Gasteiger partial charge on any atom is -0.354 e. The molecule has 0 aliphatic carbocycles. The standard InChI is InChI=1S/C10H10F3N3O2/c11-8-5-7(16(17)18)6-14-9(8)15-3-1-10(12,13)2-4-15/h5-6H,1-4H2. The van der Waals surface area contributed by atoms with Gasteiger partial charge in [-0.25, -0.2) is 18.2 Å². The largest absolute Gasteiger partial charge is 0.354 e. The van der Waals surface area contributed by atoms with Gasteiger partial charge in [0.2, 0.25) is 0 Å². The second-order valence-corrected chi connectivity index (χ2v) is 4.10. The number of halogens is 3. The monoisotopic (exact) mass is 261 g/mol. The highest BCUT2D eigenvalue weighted by atomic mass is 19.3. The summed E-state index contributed by atoms with van der Waals surface area (Å²) in [5.41, 5.74) is -0.460. The third kappa shape index (κ3) is 2.52. The van der Waals surface area contributed by atoms with Crippen LogP contribution in [0.5, 0.6) is 0 Å². The van der Waals surface area contributed by atoms with Crippen LogP contribution in [0.25, 0.3) is 0 Å². The second kappa shape index (κ2) is 4.43. The number of pyridine rings is 1. The summed E-state index contributed by atoms with van der Waals surface area (Å²) in [5, 5.41) is 10.4. The van der Waals surface area contributed by atoms with Crippen LogP contribution in [-0.2, 0) is 0 Å². The van der Waals surface area contributed by atoms with E-state index in [2.05, 4.69) is 4.98 Å². The maximum atomic E-state index is 13.6. The molecule has 0 atom stereocenters. The molecular weight excluding hydrogens is 251 g/mol. The molecule has 1 saturated heterocycles. The van der Waals surface area contributed by atoms with Gasteiger partial charge < -0.3 is 4.90 Å². The SMILES string of the molecule is O=[N+]([O-])c1cnc(N2CCC(F)(F)CC2)c(F)c1. The van der Waals surface area contributed by atoms with E-state index in [1.54, 1.807) is 0 Å². The van der Waals surface area contributed by atoms with Gasteiger partial charge in [0.25, 0.3) is 11.6 Å². The van der Waals surface area contributed by atoms with Crippen molar-refractivity contribution in [2.45, 2.75) is 18.8 Å². The van der Waals surface area contributed by atoms with Crippen LogP contribution < -0.4 is 4.90 Å². The Morgan fingerprint density at radius 1 is 1.39 bits per heavy atom. The molecule has 0 spiro atoms. The number of nitrogens with zero attached hydrogens (tertiary/aromatic N) is 3. The average Bonchev–Trinajstić information content (AvgIpc) is 2.29. The fourth-order valence-corrected chi connectivity index (χ4v) is 1.80. The van der Waals surface area contributed by atoms with Crippen LogP contribution in [0.3, 0.4) is 0 Å². The Morgan fingerprint density at radius 3 is 2.50 bits per heavy atom. The Balaban J connectivity index is 2.17. The number of nitro groups is 1. The zero-order chi connectivity index (χ0) is 13.3. The lowest BCUT2D eigenvalue weighted by Crippen LogP contribution is -2.40. The van der Waals surface area contributed by atoms with Crippen molar-refractivity contribution in [1.82, 2.24) is 4.98 Å². The van der Waals surface area contributed by atoms with Crippen molar-refractivity contribution in [3.63, 3.8) is 0 Å². The van der Waals surface area contributed by atoms with Crippen molar-refractivity contribution in [2.24, 2.45) is 0 Å². The van der Waals surface area contributed by atoms with E-state index in [0.717, 1.165) is 12.3 Å². The van der Waals surface area contributed by atoms with E-state index < -0.39 is 22.4 Å². The maximum absolute atomic E-state index is 13.6. The van der Waals surface area contributed by atoms with Crippen molar-refractivity contribution < 1.29 is 18.1 Å². The van der Waals surface area contributed by atoms with Crippen LogP contribution >= 0.6 is 0 Å². The smallest absolute Gasteiger partial charge is 0.290 e. The molecule has 1 aromatic heterocycles. The Hall–Kier alpha value is -1.86. The van der Waals surface area contributed by atoms with Crippen LogP contribution in [0.15, 0.2) is 12.3 Å². The van der Waals surface area contributed by atoms with Gasteiger partial charge in [-0.3, -0.25) is 10.1 Å². The molecule has 18 heavy (non-hydrogen) atoms. The van der Waals surface area contributed by atoms with Crippen molar-refractivity contribution in [1.29, 1.82) is 0 Å². The van der Waals surface area contributed by atoms with Crippen molar-refractivity contribution in [3.8, 4) is 0 Å². The van der Waals surface area contributed by atoms with Gasteiger partial charge in [-0.15, -0.1) is 0 Å². The lowest BCUT2D eigenvalue weighted by atomic mass is 10.1. The van der Waals surface area contributed by atoms with E-state index in [-0.39, 0.29) is 31.7 Å². The molecule has 1 fully saturated rings. The van der Waals surface area contributed by atoms with Gasteiger partial charge in [0.1, 0.15) is 6.20 Å². The minimum absolute atomic E-state index is 0.0191. The van der Waals surface area contributed by atoms with E-state index >= 15 is 0 Å². The Kier molecular flexibility index (Phi) is 3.10. The Bertz CT molecular complexity index is 471. The number of alkyl halides is 2. The molecule has 8 heteroatoms. The Labute approximate surface area is 100 Å². The third-order valence-electron chi connectivity index (χ3n) is 2.81. The first-order chi connectivity index (χ1) is 8.39. The van der Waals surface area contributed by atoms with Gasteiger partial charge in [0.05, 0.1) is 11.0 Å². The number of piperidine rings is 1. The first-order valence-electron chi connectivity index (χ1n) is 5.32. The summed E-state index contributed by atoms with van der Waals surface area (Å²) in [4.78, 5) is 14.7. The lowest BCUT2D eigenvalue weighted by Gasteiger charge is -2.32. The molecule has 0 unspecified atom stereocenters. The van der Waals surface area contributed by atoms with Gasteiger partial charge >= 0.3 is 0 Å². The molecule has 0 N–H and O–H groups in total. The summed E-state index contributed by atoms with van der Waals surface area (Å²) < 4.78 is 39.5. The number of hydrogen-bond acceptors (Lipinski definition) is 4. The normalized spacial score (nSPS) is 18.7. The highest BCUT2D eigenvalue weighted by Gasteiger charge is 2.35. The van der Waals surface area contributed by atoms with Crippen LogP contribution in [0.1, 0.15) is 12.8 Å².